The third-order valence-corrected chi connectivity index (χ3v) is 22.4. The summed E-state index contributed by atoms with van der Waals surface area (Å²) in [7, 11) is 0. The molecule has 2 aliphatic rings. The van der Waals surface area contributed by atoms with E-state index in [0.29, 0.717) is 0 Å². The van der Waals surface area contributed by atoms with Gasteiger partial charge >= 0.3 is 0 Å². The standard InChI is InChI=1S/C96H77BN2OS/c1-94(2,3)70-51-68(52-71(57-70)95(4,5)6)69-55-85-92-87(56-69)100-86-48-46-66(64-33-23-31-62(49-64)60-27-13-10-14-28-60)53-81(86)97(92)80-47-45-67(65-34-24-32-63(50-65)61-29-15-11-16-30-61)54-84(80)99(85)93-78(74-39-25-42-83-90(74)76-37-19-21-41-82(76)98(83)73-35-17-12-18-36-73)58-72(96(7,8)9)59-79(93)75-40-26-44-89-91(75)77-38-20-22-43-88(77)101-89/h10-59H,1-9H3. The third kappa shape index (κ3) is 10.6. The summed E-state index contributed by atoms with van der Waals surface area (Å²) >= 11 is 1.88. The van der Waals surface area contributed by atoms with Crippen LogP contribution in [0.3, 0.4) is 0 Å². The fraction of sp³-hybridized carbons (Fsp3) is 0.125. The van der Waals surface area contributed by atoms with Crippen molar-refractivity contribution in [3.63, 3.8) is 0 Å². The molecule has 0 saturated carbocycles. The largest absolute Gasteiger partial charge is 0.458 e. The summed E-state index contributed by atoms with van der Waals surface area (Å²) in [6.07, 6.45) is 0. The van der Waals surface area contributed by atoms with E-state index >= 15 is 0 Å². The van der Waals surface area contributed by atoms with Crippen LogP contribution in [-0.2, 0) is 16.2 Å². The Kier molecular flexibility index (Phi) is 14.6. The molecule has 0 amide bonds. The van der Waals surface area contributed by atoms with E-state index in [9.17, 15) is 0 Å². The maximum atomic E-state index is 7.72. The minimum atomic E-state index is -0.280. The average molecular weight is 1320 g/mol. The third-order valence-electron chi connectivity index (χ3n) is 21.3. The van der Waals surface area contributed by atoms with E-state index in [0.717, 1.165) is 106 Å². The molecule has 0 bridgehead atoms. The highest BCUT2D eigenvalue weighted by Crippen LogP contribution is 2.56. The summed E-state index contributed by atoms with van der Waals surface area (Å²) < 4.78 is 12.7. The minimum absolute atomic E-state index is 0.132. The lowest BCUT2D eigenvalue weighted by Gasteiger charge is -2.42. The van der Waals surface area contributed by atoms with Crippen molar-refractivity contribution in [1.82, 2.24) is 4.57 Å². The zero-order valence-corrected chi connectivity index (χ0v) is 59.5. The van der Waals surface area contributed by atoms with Crippen LogP contribution < -0.4 is 26.0 Å². The number of ether oxygens (including phenoxy) is 1. The first-order valence-electron chi connectivity index (χ1n) is 35.6. The molecule has 2 aromatic heterocycles. The molecule has 0 aliphatic carbocycles. The minimum Gasteiger partial charge on any atom is -0.458 e. The lowest BCUT2D eigenvalue weighted by molar-refractivity contribution is 0.488. The normalized spacial score (nSPS) is 12.8. The molecule has 0 N–H and O–H groups in total. The van der Waals surface area contributed by atoms with E-state index < -0.39 is 0 Å². The Hall–Kier alpha value is -11.2. The Morgan fingerprint density at radius 2 is 0.782 bits per heavy atom. The summed E-state index contributed by atoms with van der Waals surface area (Å²) in [4.78, 5) is 2.72. The van der Waals surface area contributed by atoms with Crippen LogP contribution >= 0.6 is 11.3 Å². The van der Waals surface area contributed by atoms with Crippen LogP contribution in [0.25, 0.3) is 126 Å². The first kappa shape index (κ1) is 62.0. The van der Waals surface area contributed by atoms with E-state index in [1.807, 2.05) is 11.3 Å². The van der Waals surface area contributed by atoms with Gasteiger partial charge < -0.3 is 14.2 Å². The van der Waals surface area contributed by atoms with Crippen molar-refractivity contribution in [2.45, 2.75) is 78.6 Å². The number of hydrogen-bond donors (Lipinski definition) is 0. The average Bonchev–Trinajstić information content (AvgIpc) is 1.05. The van der Waals surface area contributed by atoms with Crippen LogP contribution in [0.4, 0.5) is 17.1 Å². The highest BCUT2D eigenvalue weighted by molar-refractivity contribution is 7.26. The van der Waals surface area contributed by atoms with Crippen molar-refractivity contribution in [2.75, 3.05) is 4.90 Å². The number of hydrogen-bond acceptors (Lipinski definition) is 3. The SMILES string of the molecule is CC(C)(C)c1cc(-c2cc3c4c(c2)N(c2c(-c5cccc6sc7ccccc7c56)cc(C(C)(C)C)cc2-c2cccc5c2c2ccccc2n5-c2ccccc2)c2cc(-c5cccc(-c6ccccc6)c5)ccc2B4c2cc(-c4cccc(-c5ccccc5)c4)ccc2O3)cc(C(C)(C)C)c1. The maximum absolute atomic E-state index is 7.72. The Bertz CT molecular complexity index is 5960. The molecule has 2 aliphatic heterocycles. The van der Waals surface area contributed by atoms with Gasteiger partial charge in [0.1, 0.15) is 11.5 Å². The highest BCUT2D eigenvalue weighted by Gasteiger charge is 2.44. The number of rotatable bonds is 9. The van der Waals surface area contributed by atoms with Gasteiger partial charge in [-0.1, -0.05) is 281 Å². The molecule has 4 heterocycles. The molecule has 0 unspecified atom stereocenters. The van der Waals surface area contributed by atoms with E-state index in [4.69, 9.17) is 4.74 Å². The fourth-order valence-electron chi connectivity index (χ4n) is 16.0. The van der Waals surface area contributed by atoms with Gasteiger partial charge in [-0.15, -0.1) is 11.3 Å². The molecule has 18 rings (SSSR count). The predicted molar refractivity (Wildman–Crippen MR) is 434 cm³/mol. The number of benzene rings is 14. The van der Waals surface area contributed by atoms with Crippen LogP contribution in [0.15, 0.2) is 303 Å². The van der Waals surface area contributed by atoms with E-state index in [-0.39, 0.29) is 23.0 Å². The van der Waals surface area contributed by atoms with E-state index in [1.54, 1.807) is 0 Å². The van der Waals surface area contributed by atoms with Crippen LogP contribution in [0.5, 0.6) is 11.5 Å². The van der Waals surface area contributed by atoms with Crippen molar-refractivity contribution >= 4 is 93.5 Å². The summed E-state index contributed by atoms with van der Waals surface area (Å²) in [6.45, 7) is 21.0. The van der Waals surface area contributed by atoms with Gasteiger partial charge in [-0.05, 0) is 201 Å². The smallest absolute Gasteiger partial charge is 0.256 e. The number of fused-ring (bicyclic) bond motifs is 10. The summed E-state index contributed by atoms with van der Waals surface area (Å²) in [5.74, 6) is 1.72. The van der Waals surface area contributed by atoms with Gasteiger partial charge in [-0.3, -0.25) is 0 Å². The fourth-order valence-corrected chi connectivity index (χ4v) is 17.1. The number of thiophene rings is 1. The van der Waals surface area contributed by atoms with Gasteiger partial charge in [0.15, 0.2) is 0 Å². The molecular formula is C96H77BN2OS. The molecule has 14 aromatic carbocycles. The number of anilines is 3. The molecule has 486 valence electrons. The van der Waals surface area contributed by atoms with Crippen molar-refractivity contribution in [1.29, 1.82) is 0 Å². The topological polar surface area (TPSA) is 17.4 Å². The van der Waals surface area contributed by atoms with Gasteiger partial charge in [0.2, 0.25) is 0 Å². The van der Waals surface area contributed by atoms with Crippen LogP contribution in [-0.4, -0.2) is 11.3 Å². The quantitative estimate of drug-likeness (QED) is 0.134. The zero-order chi connectivity index (χ0) is 68.6. The number of nitrogens with zero attached hydrogens (tertiary/aromatic N) is 2. The Morgan fingerprint density at radius 3 is 1.43 bits per heavy atom. The molecule has 0 atom stereocenters. The van der Waals surface area contributed by atoms with Gasteiger partial charge in [0.25, 0.3) is 6.71 Å². The summed E-state index contributed by atoms with van der Waals surface area (Å²) in [5.41, 5.74) is 29.7. The Morgan fingerprint density at radius 1 is 0.307 bits per heavy atom. The molecule has 5 heteroatoms. The first-order valence-corrected chi connectivity index (χ1v) is 36.4. The van der Waals surface area contributed by atoms with Crippen molar-refractivity contribution in [3.05, 3.63) is 320 Å². The van der Waals surface area contributed by atoms with Gasteiger partial charge in [0, 0.05) is 59.1 Å². The van der Waals surface area contributed by atoms with Gasteiger partial charge in [-0.2, -0.15) is 0 Å². The molecule has 0 spiro atoms. The van der Waals surface area contributed by atoms with Crippen molar-refractivity contribution in [2.24, 2.45) is 0 Å². The van der Waals surface area contributed by atoms with Crippen LogP contribution in [0, 0.1) is 0 Å². The van der Waals surface area contributed by atoms with Gasteiger partial charge in [-0.25, -0.2) is 0 Å². The zero-order valence-electron chi connectivity index (χ0n) is 58.7. The second-order valence-electron chi connectivity index (χ2n) is 30.8. The molecule has 0 fully saturated rings. The Labute approximate surface area is 597 Å². The van der Waals surface area contributed by atoms with Crippen LogP contribution in [0.2, 0.25) is 0 Å². The molecule has 0 radical (unpaired) electrons. The highest BCUT2D eigenvalue weighted by atomic mass is 32.1. The van der Waals surface area contributed by atoms with E-state index in [1.165, 1.54) is 80.9 Å². The second kappa shape index (κ2) is 23.7. The Balaban J connectivity index is 1.01. The molecular weight excluding hydrogens is 1240 g/mol. The van der Waals surface area contributed by atoms with Gasteiger partial charge in [0.05, 0.1) is 16.7 Å². The van der Waals surface area contributed by atoms with Crippen LogP contribution in [0.1, 0.15) is 79.0 Å². The summed E-state index contributed by atoms with van der Waals surface area (Å²) in [5, 5.41) is 4.92. The second-order valence-corrected chi connectivity index (χ2v) is 31.9. The number of aromatic nitrogens is 1. The predicted octanol–water partition coefficient (Wildman–Crippen LogP) is 25.1. The monoisotopic (exact) mass is 1320 g/mol. The van der Waals surface area contributed by atoms with Crippen molar-refractivity contribution in [3.8, 4) is 95.1 Å². The maximum Gasteiger partial charge on any atom is 0.256 e. The van der Waals surface area contributed by atoms with E-state index in [2.05, 4.69) is 375 Å². The first-order chi connectivity index (χ1) is 49.0. The lowest BCUT2D eigenvalue weighted by atomic mass is 9.34. The molecule has 0 saturated heterocycles. The lowest BCUT2D eigenvalue weighted by Crippen LogP contribution is -2.59. The van der Waals surface area contributed by atoms with Crippen molar-refractivity contribution < 1.29 is 4.74 Å². The molecule has 16 aromatic rings. The number of para-hydroxylation sites is 2. The summed E-state index contributed by atoms with van der Waals surface area (Å²) in [6, 6.07) is 114. The molecule has 3 nitrogen and oxygen atoms in total. The molecule has 101 heavy (non-hydrogen) atoms.